The maximum Gasteiger partial charge on any atom is 0.187 e. The van der Waals surface area contributed by atoms with Crippen LogP contribution in [0.4, 0.5) is 0 Å². The van der Waals surface area contributed by atoms with Crippen LogP contribution in [0.3, 0.4) is 0 Å². The van der Waals surface area contributed by atoms with Gasteiger partial charge in [0.1, 0.15) is 0 Å². The van der Waals surface area contributed by atoms with E-state index in [1.165, 1.54) is 11.1 Å². The van der Waals surface area contributed by atoms with E-state index in [0.29, 0.717) is 17.6 Å². The van der Waals surface area contributed by atoms with Crippen LogP contribution in [0.5, 0.6) is 0 Å². The lowest BCUT2D eigenvalue weighted by Crippen LogP contribution is -2.30. The lowest BCUT2D eigenvalue weighted by atomic mass is 9.98. The van der Waals surface area contributed by atoms with Gasteiger partial charge in [0, 0.05) is 18.9 Å². The fourth-order valence-electron chi connectivity index (χ4n) is 3.42. The topological polar surface area (TPSA) is 57.8 Å². The predicted octanol–water partition coefficient (Wildman–Crippen LogP) is 4.63. The molecule has 1 atom stereocenters. The first-order chi connectivity index (χ1) is 13.7. The van der Waals surface area contributed by atoms with Gasteiger partial charge < -0.3 is 10.3 Å². The summed E-state index contributed by atoms with van der Waals surface area (Å²) in [7, 11) is 0. The molecule has 0 aliphatic heterocycles. The summed E-state index contributed by atoms with van der Waals surface area (Å²) in [6.07, 6.45) is 4.34. The van der Waals surface area contributed by atoms with Gasteiger partial charge in [0.05, 0.1) is 22.6 Å². The number of ketones is 1. The van der Waals surface area contributed by atoms with Crippen LogP contribution in [-0.2, 0) is 6.42 Å². The zero-order chi connectivity index (χ0) is 19.3. The molecule has 140 valence electrons. The summed E-state index contributed by atoms with van der Waals surface area (Å²) in [6, 6.07) is 21.8. The van der Waals surface area contributed by atoms with Crippen LogP contribution in [0.25, 0.3) is 11.0 Å². The molecule has 2 heterocycles. The minimum absolute atomic E-state index is 0.0278. The van der Waals surface area contributed by atoms with Gasteiger partial charge in [0.25, 0.3) is 0 Å². The molecule has 0 aliphatic carbocycles. The number of carbonyl (C=O) groups excluding carboxylic acids is 1. The number of nitrogens with one attached hydrogen (secondary N) is 2. The summed E-state index contributed by atoms with van der Waals surface area (Å²) in [5, 5.41) is 3.46. The first-order valence-electron chi connectivity index (χ1n) is 9.52. The Morgan fingerprint density at radius 3 is 2.61 bits per heavy atom. The first-order valence-corrected chi connectivity index (χ1v) is 9.52. The number of H-pyrrole nitrogens is 1. The van der Waals surface area contributed by atoms with Crippen LogP contribution in [0, 0.1) is 6.92 Å². The van der Waals surface area contributed by atoms with Crippen molar-refractivity contribution in [2.24, 2.45) is 0 Å². The molecule has 0 amide bonds. The van der Waals surface area contributed by atoms with Gasteiger partial charge in [0.2, 0.25) is 0 Å². The van der Waals surface area contributed by atoms with Gasteiger partial charge >= 0.3 is 0 Å². The Kier molecular flexibility index (Phi) is 5.31. The van der Waals surface area contributed by atoms with Crippen molar-refractivity contribution in [2.75, 3.05) is 6.54 Å². The third-order valence-electron chi connectivity index (χ3n) is 4.98. The van der Waals surface area contributed by atoms with Crippen molar-refractivity contribution in [1.29, 1.82) is 0 Å². The highest BCUT2D eigenvalue weighted by atomic mass is 16.1. The Hall–Kier alpha value is -3.24. The molecule has 0 aliphatic rings. The van der Waals surface area contributed by atoms with Gasteiger partial charge in [-0.25, -0.2) is 0 Å². The van der Waals surface area contributed by atoms with E-state index < -0.39 is 6.04 Å². The summed E-state index contributed by atoms with van der Waals surface area (Å²) in [6.45, 7) is 2.80. The van der Waals surface area contributed by atoms with Crippen LogP contribution >= 0.6 is 0 Å². The molecule has 28 heavy (non-hydrogen) atoms. The molecule has 4 nitrogen and oxygen atoms in total. The molecule has 4 rings (SSSR count). The molecule has 0 fully saturated rings. The minimum atomic E-state index is -0.410. The van der Waals surface area contributed by atoms with Crippen LogP contribution in [0.15, 0.2) is 79.1 Å². The number of aromatic amines is 1. The molecule has 2 N–H and O–H groups in total. The summed E-state index contributed by atoms with van der Waals surface area (Å²) in [4.78, 5) is 20.9. The van der Waals surface area contributed by atoms with Crippen molar-refractivity contribution in [2.45, 2.75) is 19.4 Å². The van der Waals surface area contributed by atoms with E-state index in [9.17, 15) is 4.79 Å². The Balaban J connectivity index is 1.57. The maximum absolute atomic E-state index is 13.4. The van der Waals surface area contributed by atoms with E-state index >= 15 is 0 Å². The Labute approximate surface area is 164 Å². The molecular weight excluding hydrogens is 346 g/mol. The van der Waals surface area contributed by atoms with Crippen LogP contribution in [0.1, 0.15) is 33.1 Å². The normalized spacial score (nSPS) is 12.2. The van der Waals surface area contributed by atoms with Crippen molar-refractivity contribution >= 4 is 16.8 Å². The third-order valence-corrected chi connectivity index (χ3v) is 4.98. The Bertz CT molecular complexity index is 1070. The van der Waals surface area contributed by atoms with E-state index in [1.54, 1.807) is 12.4 Å². The molecule has 4 aromatic rings. The molecule has 0 saturated carbocycles. The summed E-state index contributed by atoms with van der Waals surface area (Å²) < 4.78 is 0. The van der Waals surface area contributed by atoms with Gasteiger partial charge in [-0.3, -0.25) is 9.78 Å². The number of fused-ring (bicyclic) bond motifs is 1. The van der Waals surface area contributed by atoms with Crippen molar-refractivity contribution in [3.63, 3.8) is 0 Å². The second-order valence-corrected chi connectivity index (χ2v) is 7.00. The number of aryl methyl sites for hydroxylation is 1. The number of nitrogens with zero attached hydrogens (tertiary/aromatic N) is 1. The van der Waals surface area contributed by atoms with E-state index in [4.69, 9.17) is 0 Å². The average molecular weight is 369 g/mol. The number of aromatic nitrogens is 2. The molecule has 0 unspecified atom stereocenters. The quantitative estimate of drug-likeness (QED) is 0.467. The zero-order valence-corrected chi connectivity index (χ0v) is 15.9. The zero-order valence-electron chi connectivity index (χ0n) is 15.9. The number of Topliss-reactive ketones (excluding diaryl/α,β-unsaturated/α-hetero) is 1. The molecule has 0 bridgehead atoms. The van der Waals surface area contributed by atoms with E-state index in [-0.39, 0.29) is 5.78 Å². The summed E-state index contributed by atoms with van der Waals surface area (Å²) in [5.74, 6) is 0.0278. The van der Waals surface area contributed by atoms with Gasteiger partial charge in [0.15, 0.2) is 5.78 Å². The van der Waals surface area contributed by atoms with E-state index in [0.717, 1.165) is 17.5 Å². The Morgan fingerprint density at radius 2 is 1.82 bits per heavy atom. The highest BCUT2D eigenvalue weighted by Gasteiger charge is 2.24. The molecule has 0 saturated heterocycles. The van der Waals surface area contributed by atoms with Crippen molar-refractivity contribution in [3.05, 3.63) is 101 Å². The summed E-state index contributed by atoms with van der Waals surface area (Å²) in [5.41, 5.74) is 5.67. The molecule has 4 heteroatoms. The highest BCUT2D eigenvalue weighted by Crippen LogP contribution is 2.23. The SMILES string of the molecule is Cc1ccc(CCN[C@@H](C(=O)c2c[nH]c3cccnc23)c2ccccc2)cc1. The molecular formula is C24H23N3O. The monoisotopic (exact) mass is 369 g/mol. The molecule has 2 aromatic carbocycles. The van der Waals surface area contributed by atoms with Gasteiger partial charge in [-0.2, -0.15) is 0 Å². The number of carbonyl (C=O) groups is 1. The van der Waals surface area contributed by atoms with Crippen molar-refractivity contribution in [1.82, 2.24) is 15.3 Å². The number of rotatable bonds is 7. The second kappa shape index (κ2) is 8.19. The van der Waals surface area contributed by atoms with E-state index in [2.05, 4.69) is 46.5 Å². The second-order valence-electron chi connectivity index (χ2n) is 7.00. The number of hydrogen-bond donors (Lipinski definition) is 2. The minimum Gasteiger partial charge on any atom is -0.359 e. The standard InChI is InChI=1S/C24H23N3O/c1-17-9-11-18(12-10-17)13-15-26-22(19-6-3-2-4-7-19)24(28)20-16-27-21-8-5-14-25-23(20)21/h2-12,14,16,22,26-27H,13,15H2,1H3/t22-/m1/s1. The largest absolute Gasteiger partial charge is 0.359 e. The Morgan fingerprint density at radius 1 is 1.04 bits per heavy atom. The van der Waals surface area contributed by atoms with Crippen LogP contribution < -0.4 is 5.32 Å². The van der Waals surface area contributed by atoms with Crippen molar-refractivity contribution in [3.8, 4) is 0 Å². The molecule has 0 radical (unpaired) electrons. The first kappa shape index (κ1) is 18.1. The molecule has 2 aromatic heterocycles. The molecule has 0 spiro atoms. The van der Waals surface area contributed by atoms with Crippen LogP contribution in [-0.4, -0.2) is 22.3 Å². The fraction of sp³-hybridized carbons (Fsp3) is 0.167. The predicted molar refractivity (Wildman–Crippen MR) is 112 cm³/mol. The van der Waals surface area contributed by atoms with Crippen molar-refractivity contribution < 1.29 is 4.79 Å². The number of hydrogen-bond acceptors (Lipinski definition) is 3. The highest BCUT2D eigenvalue weighted by molar-refractivity contribution is 6.09. The van der Waals surface area contributed by atoms with Crippen LogP contribution in [0.2, 0.25) is 0 Å². The lowest BCUT2D eigenvalue weighted by molar-refractivity contribution is 0.0944. The third kappa shape index (κ3) is 3.87. The van der Waals surface area contributed by atoms with E-state index in [1.807, 2.05) is 42.5 Å². The van der Waals surface area contributed by atoms with Gasteiger partial charge in [-0.1, -0.05) is 60.2 Å². The smallest absolute Gasteiger partial charge is 0.187 e. The lowest BCUT2D eigenvalue weighted by Gasteiger charge is -2.18. The average Bonchev–Trinajstić information content (AvgIpc) is 3.17. The fourth-order valence-corrected chi connectivity index (χ4v) is 3.42. The number of pyridine rings is 1. The maximum atomic E-state index is 13.4. The van der Waals surface area contributed by atoms with Gasteiger partial charge in [-0.15, -0.1) is 0 Å². The number of benzene rings is 2. The summed E-state index contributed by atoms with van der Waals surface area (Å²) >= 11 is 0. The van der Waals surface area contributed by atoms with Gasteiger partial charge in [-0.05, 0) is 36.6 Å².